The second-order valence-corrected chi connectivity index (χ2v) is 3.37. The van der Waals surface area contributed by atoms with Gasteiger partial charge in [-0.3, -0.25) is 4.79 Å². The lowest BCUT2D eigenvalue weighted by atomic mass is 10.2. The van der Waals surface area contributed by atoms with Crippen LogP contribution < -0.4 is 5.32 Å². The summed E-state index contributed by atoms with van der Waals surface area (Å²) in [6, 6.07) is 4.57. The Kier molecular flexibility index (Phi) is 3.77. The predicted molar refractivity (Wildman–Crippen MR) is 56.7 cm³/mol. The zero-order chi connectivity index (χ0) is 10.6. The molecule has 1 aromatic rings. The fourth-order valence-corrected chi connectivity index (χ4v) is 1.22. The molecule has 1 amide bonds. The first-order chi connectivity index (χ1) is 6.63. The van der Waals surface area contributed by atoms with Crippen LogP contribution in [-0.4, -0.2) is 11.0 Å². The molecule has 3 nitrogen and oxygen atoms in total. The van der Waals surface area contributed by atoms with Crippen molar-refractivity contribution < 1.29 is 9.90 Å². The number of amides is 1. The second kappa shape index (κ2) is 4.86. The van der Waals surface area contributed by atoms with Gasteiger partial charge in [-0.2, -0.15) is 0 Å². The molecular weight excluding hydrogens is 202 g/mol. The number of anilines is 1. The number of aromatic hydroxyl groups is 1. The Morgan fingerprint density at radius 1 is 1.57 bits per heavy atom. The highest BCUT2D eigenvalue weighted by molar-refractivity contribution is 6.32. The van der Waals surface area contributed by atoms with Crippen molar-refractivity contribution in [2.45, 2.75) is 19.8 Å². The molecule has 0 aliphatic rings. The van der Waals surface area contributed by atoms with Gasteiger partial charge < -0.3 is 10.4 Å². The average molecular weight is 214 g/mol. The van der Waals surface area contributed by atoms with Crippen molar-refractivity contribution in [3.63, 3.8) is 0 Å². The summed E-state index contributed by atoms with van der Waals surface area (Å²) in [5.74, 6) is -0.0330. The number of hydrogen-bond donors (Lipinski definition) is 2. The molecule has 76 valence electrons. The molecule has 2 N–H and O–H groups in total. The number of carbonyl (C=O) groups excluding carboxylic acids is 1. The molecule has 0 heterocycles. The van der Waals surface area contributed by atoms with E-state index in [1.165, 1.54) is 12.1 Å². The summed E-state index contributed by atoms with van der Waals surface area (Å²) >= 11 is 5.67. The maximum atomic E-state index is 11.2. The van der Waals surface area contributed by atoms with Gasteiger partial charge in [0.25, 0.3) is 0 Å². The first kappa shape index (κ1) is 10.9. The summed E-state index contributed by atoms with van der Waals surface area (Å²) in [5, 5.41) is 12.0. The lowest BCUT2D eigenvalue weighted by Crippen LogP contribution is -2.10. The third kappa shape index (κ3) is 2.92. The van der Waals surface area contributed by atoms with Gasteiger partial charge in [0.1, 0.15) is 5.75 Å². The first-order valence-corrected chi connectivity index (χ1v) is 4.79. The van der Waals surface area contributed by atoms with Crippen LogP contribution in [0, 0.1) is 0 Å². The van der Waals surface area contributed by atoms with E-state index in [2.05, 4.69) is 5.32 Å². The van der Waals surface area contributed by atoms with E-state index in [9.17, 15) is 4.79 Å². The molecule has 4 heteroatoms. The van der Waals surface area contributed by atoms with E-state index in [1.54, 1.807) is 6.07 Å². The van der Waals surface area contributed by atoms with Crippen LogP contribution in [-0.2, 0) is 4.79 Å². The van der Waals surface area contributed by atoms with Crippen molar-refractivity contribution in [3.05, 3.63) is 23.2 Å². The normalized spacial score (nSPS) is 9.86. The zero-order valence-corrected chi connectivity index (χ0v) is 8.64. The Hall–Kier alpha value is -1.22. The van der Waals surface area contributed by atoms with E-state index in [-0.39, 0.29) is 16.7 Å². The minimum Gasteiger partial charge on any atom is -0.506 e. The van der Waals surface area contributed by atoms with E-state index in [4.69, 9.17) is 16.7 Å². The molecule has 0 saturated carbocycles. The first-order valence-electron chi connectivity index (χ1n) is 4.42. The Morgan fingerprint density at radius 3 is 2.86 bits per heavy atom. The molecule has 0 unspecified atom stereocenters. The highest BCUT2D eigenvalue weighted by Gasteiger charge is 2.03. The second-order valence-electron chi connectivity index (χ2n) is 2.96. The van der Waals surface area contributed by atoms with Gasteiger partial charge in [-0.1, -0.05) is 18.5 Å². The quantitative estimate of drug-likeness (QED) is 0.759. The van der Waals surface area contributed by atoms with Gasteiger partial charge in [0.2, 0.25) is 5.91 Å². The van der Waals surface area contributed by atoms with Crippen LogP contribution in [0.4, 0.5) is 5.69 Å². The van der Waals surface area contributed by atoms with Crippen LogP contribution in [0.5, 0.6) is 5.75 Å². The minimum absolute atomic E-state index is 0.0140. The van der Waals surface area contributed by atoms with Crippen LogP contribution >= 0.6 is 11.6 Å². The number of hydrogen-bond acceptors (Lipinski definition) is 2. The van der Waals surface area contributed by atoms with E-state index >= 15 is 0 Å². The highest BCUT2D eigenvalue weighted by Crippen LogP contribution is 2.26. The fourth-order valence-electron chi connectivity index (χ4n) is 1.04. The number of benzene rings is 1. The topological polar surface area (TPSA) is 49.3 Å². The SMILES string of the molecule is CCCC(=O)Nc1ccc(O)c(Cl)c1. The summed E-state index contributed by atoms with van der Waals surface area (Å²) in [6.07, 6.45) is 1.29. The Labute approximate surface area is 87.7 Å². The number of nitrogens with one attached hydrogen (secondary N) is 1. The third-order valence-electron chi connectivity index (χ3n) is 1.71. The average Bonchev–Trinajstić information content (AvgIpc) is 2.12. The number of phenols is 1. The smallest absolute Gasteiger partial charge is 0.224 e. The van der Waals surface area contributed by atoms with Gasteiger partial charge in [-0.25, -0.2) is 0 Å². The molecule has 14 heavy (non-hydrogen) atoms. The van der Waals surface area contributed by atoms with Crippen molar-refractivity contribution in [1.29, 1.82) is 0 Å². The Morgan fingerprint density at radius 2 is 2.29 bits per heavy atom. The Balaban J connectivity index is 2.68. The zero-order valence-electron chi connectivity index (χ0n) is 7.88. The number of halogens is 1. The Bertz CT molecular complexity index is 339. The third-order valence-corrected chi connectivity index (χ3v) is 2.01. The summed E-state index contributed by atoms with van der Waals surface area (Å²) in [6.45, 7) is 1.93. The molecule has 0 aromatic heterocycles. The molecule has 0 fully saturated rings. The predicted octanol–water partition coefficient (Wildman–Crippen LogP) is 2.78. The van der Waals surface area contributed by atoms with Crippen molar-refractivity contribution >= 4 is 23.2 Å². The van der Waals surface area contributed by atoms with Gasteiger partial charge in [0.15, 0.2) is 0 Å². The molecule has 0 atom stereocenters. The molecule has 1 aromatic carbocycles. The highest BCUT2D eigenvalue weighted by atomic mass is 35.5. The van der Waals surface area contributed by atoms with Gasteiger partial charge in [-0.05, 0) is 24.6 Å². The fraction of sp³-hybridized carbons (Fsp3) is 0.300. The number of carbonyl (C=O) groups is 1. The van der Waals surface area contributed by atoms with E-state index in [0.29, 0.717) is 12.1 Å². The maximum Gasteiger partial charge on any atom is 0.224 e. The lowest BCUT2D eigenvalue weighted by Gasteiger charge is -2.05. The van der Waals surface area contributed by atoms with E-state index in [1.807, 2.05) is 6.92 Å². The molecule has 0 aliphatic heterocycles. The molecule has 1 rings (SSSR count). The van der Waals surface area contributed by atoms with Crippen LogP contribution in [0.3, 0.4) is 0 Å². The van der Waals surface area contributed by atoms with Crippen LogP contribution in [0.25, 0.3) is 0 Å². The number of phenolic OH excluding ortho intramolecular Hbond substituents is 1. The molecule has 0 saturated heterocycles. The standard InChI is InChI=1S/C10H12ClNO2/c1-2-3-10(14)12-7-4-5-9(13)8(11)6-7/h4-6,13H,2-3H2,1H3,(H,12,14). The summed E-state index contributed by atoms with van der Waals surface area (Å²) in [7, 11) is 0. The van der Waals surface area contributed by atoms with E-state index < -0.39 is 0 Å². The summed E-state index contributed by atoms with van der Waals surface area (Å²) < 4.78 is 0. The number of rotatable bonds is 3. The van der Waals surface area contributed by atoms with Crippen LogP contribution in [0.2, 0.25) is 5.02 Å². The lowest BCUT2D eigenvalue weighted by molar-refractivity contribution is -0.116. The van der Waals surface area contributed by atoms with Crippen molar-refractivity contribution in [2.24, 2.45) is 0 Å². The summed E-state index contributed by atoms with van der Waals surface area (Å²) in [4.78, 5) is 11.2. The van der Waals surface area contributed by atoms with Crippen molar-refractivity contribution in [3.8, 4) is 5.75 Å². The molecule has 0 aliphatic carbocycles. The maximum absolute atomic E-state index is 11.2. The van der Waals surface area contributed by atoms with E-state index in [0.717, 1.165) is 6.42 Å². The molecular formula is C10H12ClNO2. The van der Waals surface area contributed by atoms with Gasteiger partial charge in [0.05, 0.1) is 5.02 Å². The summed E-state index contributed by atoms with van der Waals surface area (Å²) in [5.41, 5.74) is 0.603. The molecule has 0 bridgehead atoms. The minimum atomic E-state index is -0.0470. The van der Waals surface area contributed by atoms with Gasteiger partial charge in [-0.15, -0.1) is 0 Å². The monoisotopic (exact) mass is 213 g/mol. The van der Waals surface area contributed by atoms with Gasteiger partial charge in [0, 0.05) is 12.1 Å². The van der Waals surface area contributed by atoms with Crippen LogP contribution in [0.15, 0.2) is 18.2 Å². The molecule has 0 spiro atoms. The molecule has 0 radical (unpaired) electrons. The van der Waals surface area contributed by atoms with Crippen molar-refractivity contribution in [2.75, 3.05) is 5.32 Å². The van der Waals surface area contributed by atoms with Crippen LogP contribution in [0.1, 0.15) is 19.8 Å². The van der Waals surface area contributed by atoms with Gasteiger partial charge >= 0.3 is 0 Å². The largest absolute Gasteiger partial charge is 0.506 e. The van der Waals surface area contributed by atoms with Crippen molar-refractivity contribution in [1.82, 2.24) is 0 Å².